The molecule has 0 bridgehead atoms. The molecule has 0 radical (unpaired) electrons. The van der Waals surface area contributed by atoms with E-state index in [2.05, 4.69) is 32.0 Å². The maximum absolute atomic E-state index is 13.5. The summed E-state index contributed by atoms with van der Waals surface area (Å²) in [5.74, 6) is 1.07. The van der Waals surface area contributed by atoms with Crippen molar-refractivity contribution in [3.05, 3.63) is 11.6 Å². The van der Waals surface area contributed by atoms with Crippen molar-refractivity contribution in [2.45, 2.75) is 123 Å². The zero-order chi connectivity index (χ0) is 26.4. The molecular formula is C31H47NO5. The van der Waals surface area contributed by atoms with Gasteiger partial charge in [0.2, 0.25) is 11.4 Å². The number of hydrogen-bond donors (Lipinski definition) is 1. The van der Waals surface area contributed by atoms with E-state index in [1.807, 2.05) is 0 Å². The van der Waals surface area contributed by atoms with Crippen LogP contribution in [0.1, 0.15) is 111 Å². The lowest BCUT2D eigenvalue weighted by atomic mass is 9.46. The van der Waals surface area contributed by atoms with Gasteiger partial charge in [0.05, 0.1) is 11.6 Å². The SMILES string of the molecule is CCCCCCCC1=NO[C@]2(C(=O)CO)[C@H]1C[C@H]1[C@@H]3CC=C4C[C@@H](OC(C)=O)CC[C@]4(C)[C@H]3CC[C@@]12C. The van der Waals surface area contributed by atoms with Gasteiger partial charge in [-0.3, -0.25) is 9.59 Å². The number of ether oxygens (including phenoxy) is 1. The summed E-state index contributed by atoms with van der Waals surface area (Å²) in [5, 5.41) is 14.7. The average Bonchev–Trinajstić information content (AvgIpc) is 3.36. The number of unbranched alkanes of at least 4 members (excludes halogenated alkanes) is 4. The van der Waals surface area contributed by atoms with Crippen LogP contribution in [0.4, 0.5) is 0 Å². The molecule has 0 aromatic carbocycles. The lowest BCUT2D eigenvalue weighted by Gasteiger charge is -2.58. The largest absolute Gasteiger partial charge is 0.462 e. The van der Waals surface area contributed by atoms with Crippen molar-refractivity contribution in [2.24, 2.45) is 39.7 Å². The molecule has 5 rings (SSSR count). The fourth-order valence-corrected chi connectivity index (χ4v) is 9.54. The normalized spacial score (nSPS) is 41.9. The Bertz CT molecular complexity index is 973. The third-order valence-corrected chi connectivity index (χ3v) is 11.4. The minimum atomic E-state index is -1.01. The first-order valence-electron chi connectivity index (χ1n) is 15.0. The topological polar surface area (TPSA) is 85.2 Å². The second-order valence-corrected chi connectivity index (χ2v) is 13.1. The van der Waals surface area contributed by atoms with Crippen LogP contribution in [-0.4, -0.2) is 40.9 Å². The summed E-state index contributed by atoms with van der Waals surface area (Å²) in [5.41, 5.74) is 1.34. The quantitative estimate of drug-likeness (QED) is 0.227. The number of aliphatic hydroxyl groups excluding tert-OH is 1. The van der Waals surface area contributed by atoms with Crippen LogP contribution in [0.25, 0.3) is 0 Å². The van der Waals surface area contributed by atoms with Crippen LogP contribution in [0, 0.1) is 34.5 Å². The molecule has 8 atom stereocenters. The molecule has 0 spiro atoms. The lowest BCUT2D eigenvalue weighted by molar-refractivity contribution is -0.178. The highest BCUT2D eigenvalue weighted by Gasteiger charge is 2.74. The summed E-state index contributed by atoms with van der Waals surface area (Å²) in [6.07, 6.45) is 16.1. The van der Waals surface area contributed by atoms with Gasteiger partial charge in [-0.2, -0.15) is 0 Å². The molecule has 0 unspecified atom stereocenters. The zero-order valence-corrected chi connectivity index (χ0v) is 23.4. The second kappa shape index (κ2) is 10.1. The Balaban J connectivity index is 1.39. The molecule has 3 saturated carbocycles. The van der Waals surface area contributed by atoms with E-state index in [1.165, 1.54) is 38.2 Å². The van der Waals surface area contributed by atoms with Crippen molar-refractivity contribution in [3.8, 4) is 0 Å². The zero-order valence-electron chi connectivity index (χ0n) is 23.4. The maximum atomic E-state index is 13.5. The molecule has 5 aliphatic rings. The number of hydrogen-bond acceptors (Lipinski definition) is 6. The first kappa shape index (κ1) is 26.9. The molecule has 0 aromatic heterocycles. The molecule has 0 aromatic rings. The molecule has 1 heterocycles. The van der Waals surface area contributed by atoms with Gasteiger partial charge >= 0.3 is 5.97 Å². The molecule has 4 aliphatic carbocycles. The highest BCUT2D eigenvalue weighted by Crippen LogP contribution is 2.70. The summed E-state index contributed by atoms with van der Waals surface area (Å²) in [4.78, 5) is 31.3. The van der Waals surface area contributed by atoms with Gasteiger partial charge < -0.3 is 14.7 Å². The number of aliphatic hydroxyl groups is 1. The fraction of sp³-hybridized carbons (Fsp3) is 0.839. The van der Waals surface area contributed by atoms with Crippen molar-refractivity contribution in [1.29, 1.82) is 0 Å². The molecule has 6 nitrogen and oxygen atoms in total. The minimum Gasteiger partial charge on any atom is -0.462 e. The number of allylic oxidation sites excluding steroid dienone is 1. The maximum Gasteiger partial charge on any atom is 0.302 e. The second-order valence-electron chi connectivity index (χ2n) is 13.1. The van der Waals surface area contributed by atoms with Gasteiger partial charge in [-0.1, -0.05) is 63.3 Å². The molecule has 1 aliphatic heterocycles. The van der Waals surface area contributed by atoms with Gasteiger partial charge in [0.1, 0.15) is 12.7 Å². The van der Waals surface area contributed by atoms with Crippen LogP contribution in [-0.2, 0) is 19.2 Å². The van der Waals surface area contributed by atoms with E-state index in [4.69, 9.17) is 9.57 Å². The van der Waals surface area contributed by atoms with E-state index < -0.39 is 12.2 Å². The molecule has 6 heteroatoms. The Hall–Kier alpha value is -1.69. The number of ketones is 1. The number of carbonyl (C=O) groups excluding carboxylic acids is 2. The average molecular weight is 514 g/mol. The van der Waals surface area contributed by atoms with Crippen LogP contribution < -0.4 is 0 Å². The van der Waals surface area contributed by atoms with Crippen LogP contribution in [0.2, 0.25) is 0 Å². The highest BCUT2D eigenvalue weighted by atomic mass is 16.7. The minimum absolute atomic E-state index is 0.00279. The van der Waals surface area contributed by atoms with Crippen molar-refractivity contribution in [1.82, 2.24) is 0 Å². The summed E-state index contributed by atoms with van der Waals surface area (Å²) in [7, 11) is 0. The summed E-state index contributed by atoms with van der Waals surface area (Å²) in [6.45, 7) is 7.96. The van der Waals surface area contributed by atoms with E-state index in [-0.39, 0.29) is 34.6 Å². The van der Waals surface area contributed by atoms with E-state index in [9.17, 15) is 14.7 Å². The number of carbonyl (C=O) groups is 2. The van der Waals surface area contributed by atoms with Crippen LogP contribution >= 0.6 is 0 Å². The van der Waals surface area contributed by atoms with Crippen LogP contribution in [0.3, 0.4) is 0 Å². The molecule has 0 amide bonds. The monoisotopic (exact) mass is 513 g/mol. The standard InChI is InChI=1S/C31H47NO5/c1-5-6-7-8-9-10-27-26-18-25-23-12-11-21-17-22(36-20(2)34)13-15-29(21,3)24(23)14-16-30(25,4)31(26,37-32-27)28(35)19-33/h11,22-26,33H,5-10,12-19H2,1-4H3/t22-,23+,24-,25-,26-,29-,30-,31-/m0/s1. The summed E-state index contributed by atoms with van der Waals surface area (Å²) < 4.78 is 5.60. The van der Waals surface area contributed by atoms with Crippen LogP contribution in [0.5, 0.6) is 0 Å². The van der Waals surface area contributed by atoms with E-state index >= 15 is 0 Å². The van der Waals surface area contributed by atoms with E-state index in [1.54, 1.807) is 0 Å². The van der Waals surface area contributed by atoms with Gasteiger partial charge in [0.15, 0.2) is 0 Å². The number of Topliss-reactive ketones (excluding diaryl/α,β-unsaturated/α-hetero) is 1. The number of oxime groups is 1. The van der Waals surface area contributed by atoms with Gasteiger partial charge in [0.25, 0.3) is 0 Å². The smallest absolute Gasteiger partial charge is 0.302 e. The number of nitrogens with zero attached hydrogens (tertiary/aromatic N) is 1. The lowest BCUT2D eigenvalue weighted by Crippen LogP contribution is -2.60. The Morgan fingerprint density at radius 2 is 1.92 bits per heavy atom. The highest BCUT2D eigenvalue weighted by molar-refractivity contribution is 6.00. The summed E-state index contributed by atoms with van der Waals surface area (Å²) in [6, 6.07) is 0. The Kier molecular flexibility index (Phi) is 7.36. The predicted octanol–water partition coefficient (Wildman–Crippen LogP) is 6.15. The van der Waals surface area contributed by atoms with Gasteiger partial charge in [-0.15, -0.1) is 0 Å². The predicted molar refractivity (Wildman–Crippen MR) is 143 cm³/mol. The molecule has 1 N–H and O–H groups in total. The van der Waals surface area contributed by atoms with Crippen LogP contribution in [0.15, 0.2) is 16.8 Å². The van der Waals surface area contributed by atoms with Gasteiger partial charge in [-0.05, 0) is 74.5 Å². The first-order chi connectivity index (χ1) is 17.7. The van der Waals surface area contributed by atoms with Crippen molar-refractivity contribution >= 4 is 17.5 Å². The molecule has 37 heavy (non-hydrogen) atoms. The van der Waals surface area contributed by atoms with Gasteiger partial charge in [-0.25, -0.2) is 0 Å². The van der Waals surface area contributed by atoms with Crippen molar-refractivity contribution < 1.29 is 24.3 Å². The third-order valence-electron chi connectivity index (χ3n) is 11.4. The van der Waals surface area contributed by atoms with Gasteiger partial charge in [0, 0.05) is 18.8 Å². The van der Waals surface area contributed by atoms with Crippen molar-refractivity contribution in [2.75, 3.05) is 6.61 Å². The number of rotatable bonds is 9. The van der Waals surface area contributed by atoms with E-state index in [0.29, 0.717) is 17.8 Å². The summed E-state index contributed by atoms with van der Waals surface area (Å²) >= 11 is 0. The molecule has 206 valence electrons. The van der Waals surface area contributed by atoms with Crippen molar-refractivity contribution in [3.63, 3.8) is 0 Å². The Morgan fingerprint density at radius 1 is 1.14 bits per heavy atom. The third kappa shape index (κ3) is 4.11. The number of fused-ring (bicyclic) bond motifs is 7. The van der Waals surface area contributed by atoms with E-state index in [0.717, 1.165) is 63.5 Å². The first-order valence-corrected chi connectivity index (χ1v) is 15.0. The Labute approximate surface area is 222 Å². The molecular weight excluding hydrogens is 466 g/mol. The fourth-order valence-electron chi connectivity index (χ4n) is 9.54. The molecule has 3 fully saturated rings. The number of esters is 1. The Morgan fingerprint density at radius 3 is 2.65 bits per heavy atom. The molecule has 0 saturated heterocycles.